The predicted molar refractivity (Wildman–Crippen MR) is 148 cm³/mol. The smallest absolute Gasteiger partial charge is 0.291 e. The fraction of sp³-hybridized carbons (Fsp3) is 0.259. The van der Waals surface area contributed by atoms with Crippen molar-refractivity contribution in [3.63, 3.8) is 0 Å². The van der Waals surface area contributed by atoms with Gasteiger partial charge in [-0.15, -0.1) is 0 Å². The number of thioether (sulfide) groups is 1. The third kappa shape index (κ3) is 6.59. The highest BCUT2D eigenvalue weighted by Gasteiger charge is 2.18. The lowest BCUT2D eigenvalue weighted by Crippen LogP contribution is -2.25. The van der Waals surface area contributed by atoms with E-state index in [2.05, 4.69) is 15.6 Å². The van der Waals surface area contributed by atoms with Gasteiger partial charge in [0.15, 0.2) is 10.9 Å². The molecule has 11 nitrogen and oxygen atoms in total. The van der Waals surface area contributed by atoms with E-state index >= 15 is 0 Å². The molecule has 2 N–H and O–H groups in total. The molecule has 4 aromatic rings. The minimum absolute atomic E-state index is 0.0164. The molecular weight excluding hydrogens is 524 g/mol. The molecular formula is C27H28N4O7S. The van der Waals surface area contributed by atoms with Gasteiger partial charge in [-0.25, -0.2) is 4.98 Å². The van der Waals surface area contributed by atoms with Crippen molar-refractivity contribution in [2.45, 2.75) is 18.1 Å². The van der Waals surface area contributed by atoms with Crippen LogP contribution in [0.25, 0.3) is 10.9 Å². The molecule has 39 heavy (non-hydrogen) atoms. The predicted octanol–water partition coefficient (Wildman–Crippen LogP) is 4.03. The highest BCUT2D eigenvalue weighted by molar-refractivity contribution is 7.99. The third-order valence-corrected chi connectivity index (χ3v) is 6.65. The first-order valence-corrected chi connectivity index (χ1v) is 13.0. The summed E-state index contributed by atoms with van der Waals surface area (Å²) < 4.78 is 22.7. The lowest BCUT2D eigenvalue weighted by molar-refractivity contribution is -0.113. The van der Waals surface area contributed by atoms with Crippen LogP contribution in [0.1, 0.15) is 17.0 Å². The number of hydrogen-bond acceptors (Lipinski definition) is 9. The Kier molecular flexibility index (Phi) is 9.23. The second kappa shape index (κ2) is 13.0. The molecule has 0 spiro atoms. The number of rotatable bonds is 12. The molecule has 0 saturated heterocycles. The van der Waals surface area contributed by atoms with Gasteiger partial charge in [-0.1, -0.05) is 23.9 Å². The van der Waals surface area contributed by atoms with Crippen LogP contribution in [0.3, 0.4) is 0 Å². The van der Waals surface area contributed by atoms with E-state index in [-0.39, 0.29) is 23.0 Å². The Morgan fingerprint density at radius 2 is 1.72 bits per heavy atom. The molecule has 2 heterocycles. The summed E-state index contributed by atoms with van der Waals surface area (Å²) in [5.74, 6) is -0.0803. The maximum Gasteiger partial charge on any atom is 0.291 e. The van der Waals surface area contributed by atoms with Gasteiger partial charge in [0, 0.05) is 32.4 Å². The van der Waals surface area contributed by atoms with Crippen molar-refractivity contribution in [2.24, 2.45) is 0 Å². The first-order chi connectivity index (χ1) is 18.9. The number of ether oxygens (including phenoxy) is 3. The number of para-hydroxylation sites is 1. The van der Waals surface area contributed by atoms with Crippen LogP contribution in [0.5, 0.6) is 11.5 Å². The summed E-state index contributed by atoms with van der Waals surface area (Å²) in [6.45, 7) is 0.897. The van der Waals surface area contributed by atoms with Gasteiger partial charge in [0.1, 0.15) is 11.5 Å². The molecule has 0 aliphatic heterocycles. The SMILES string of the molecule is COCCCn1c(SCC(=O)Nc2cc(OC)c(NC(=O)c3ccco3)cc2OC)nc2ccccc2c1=O. The number of amides is 2. The fourth-order valence-electron chi connectivity index (χ4n) is 3.82. The van der Waals surface area contributed by atoms with E-state index in [0.717, 1.165) is 11.8 Å². The van der Waals surface area contributed by atoms with Crippen LogP contribution in [0.2, 0.25) is 0 Å². The molecule has 0 bridgehead atoms. The number of methoxy groups -OCH3 is 3. The topological polar surface area (TPSA) is 134 Å². The van der Waals surface area contributed by atoms with E-state index in [4.69, 9.17) is 18.6 Å². The number of anilines is 2. The molecule has 2 aromatic carbocycles. The maximum atomic E-state index is 13.1. The lowest BCUT2D eigenvalue weighted by atomic mass is 10.2. The highest BCUT2D eigenvalue weighted by Crippen LogP contribution is 2.37. The third-order valence-electron chi connectivity index (χ3n) is 5.68. The number of aromatic nitrogens is 2. The Hall–Kier alpha value is -4.29. The number of hydrogen-bond donors (Lipinski definition) is 2. The van der Waals surface area contributed by atoms with Gasteiger partial charge >= 0.3 is 0 Å². The minimum atomic E-state index is -0.465. The number of carbonyl (C=O) groups is 2. The van der Waals surface area contributed by atoms with E-state index in [9.17, 15) is 14.4 Å². The van der Waals surface area contributed by atoms with Gasteiger partial charge in [0.2, 0.25) is 5.91 Å². The van der Waals surface area contributed by atoms with Crippen molar-refractivity contribution < 1.29 is 28.2 Å². The first kappa shape index (κ1) is 27.7. The Bertz CT molecular complexity index is 1520. The van der Waals surface area contributed by atoms with E-state index in [1.165, 1.54) is 26.5 Å². The molecule has 0 atom stereocenters. The first-order valence-electron chi connectivity index (χ1n) is 12.0. The van der Waals surface area contributed by atoms with Crippen molar-refractivity contribution in [3.05, 3.63) is 70.9 Å². The second-order valence-corrected chi connectivity index (χ2v) is 9.18. The zero-order valence-electron chi connectivity index (χ0n) is 21.7. The largest absolute Gasteiger partial charge is 0.494 e. The fourth-order valence-corrected chi connectivity index (χ4v) is 4.65. The summed E-state index contributed by atoms with van der Waals surface area (Å²) in [6.07, 6.45) is 2.02. The van der Waals surface area contributed by atoms with Crippen molar-refractivity contribution in [1.82, 2.24) is 9.55 Å². The Morgan fingerprint density at radius 3 is 2.38 bits per heavy atom. The minimum Gasteiger partial charge on any atom is -0.494 e. The normalized spacial score (nSPS) is 10.8. The number of furan rings is 1. The molecule has 0 aliphatic rings. The van der Waals surface area contributed by atoms with Crippen molar-refractivity contribution in [1.29, 1.82) is 0 Å². The van der Waals surface area contributed by atoms with E-state index in [1.807, 2.05) is 6.07 Å². The summed E-state index contributed by atoms with van der Waals surface area (Å²) in [4.78, 5) is 43.1. The summed E-state index contributed by atoms with van der Waals surface area (Å²) in [5, 5.41) is 6.46. The van der Waals surface area contributed by atoms with Gasteiger partial charge in [0.25, 0.3) is 11.5 Å². The van der Waals surface area contributed by atoms with Crippen LogP contribution in [0.4, 0.5) is 11.4 Å². The van der Waals surface area contributed by atoms with Gasteiger partial charge < -0.3 is 29.3 Å². The molecule has 0 unspecified atom stereocenters. The average molecular weight is 553 g/mol. The molecule has 0 radical (unpaired) electrons. The zero-order valence-corrected chi connectivity index (χ0v) is 22.5. The Balaban J connectivity index is 1.52. The zero-order chi connectivity index (χ0) is 27.8. The second-order valence-electron chi connectivity index (χ2n) is 8.24. The standard InChI is InChI=1S/C27H28N4O7S/c1-35-12-7-11-31-26(34)17-8-4-5-9-18(17)30-27(31)39-16-24(32)28-19-14-23(37-3)20(15-22(19)36-2)29-25(33)21-10-6-13-38-21/h4-6,8-10,13-15H,7,11-12,16H2,1-3H3,(H,28,32)(H,29,33). The lowest BCUT2D eigenvalue weighted by Gasteiger charge is -2.16. The van der Waals surface area contributed by atoms with Crippen LogP contribution in [0, 0.1) is 0 Å². The van der Waals surface area contributed by atoms with Crippen molar-refractivity contribution in [2.75, 3.05) is 44.3 Å². The molecule has 4 rings (SSSR count). The summed E-state index contributed by atoms with van der Waals surface area (Å²) in [5.41, 5.74) is 1.08. The van der Waals surface area contributed by atoms with Crippen LogP contribution in [-0.2, 0) is 16.1 Å². The van der Waals surface area contributed by atoms with E-state index in [1.54, 1.807) is 48.1 Å². The number of fused-ring (bicyclic) bond motifs is 1. The molecule has 204 valence electrons. The number of carbonyl (C=O) groups excluding carboxylic acids is 2. The highest BCUT2D eigenvalue weighted by atomic mass is 32.2. The monoisotopic (exact) mass is 552 g/mol. The average Bonchev–Trinajstić information content (AvgIpc) is 3.49. The quantitative estimate of drug-likeness (QED) is 0.152. The van der Waals surface area contributed by atoms with Crippen LogP contribution in [-0.4, -0.2) is 55.1 Å². The van der Waals surface area contributed by atoms with Gasteiger partial charge in [0.05, 0.1) is 48.5 Å². The molecule has 0 aliphatic carbocycles. The van der Waals surface area contributed by atoms with Gasteiger partial charge in [-0.2, -0.15) is 0 Å². The Labute approximate surface area is 228 Å². The number of benzene rings is 2. The van der Waals surface area contributed by atoms with Crippen LogP contribution in [0.15, 0.2) is 69.2 Å². The summed E-state index contributed by atoms with van der Waals surface area (Å²) in [7, 11) is 4.49. The van der Waals surface area contributed by atoms with Gasteiger partial charge in [-0.05, 0) is 30.7 Å². The molecule has 0 saturated carbocycles. The maximum absolute atomic E-state index is 13.1. The van der Waals surface area contributed by atoms with Crippen molar-refractivity contribution >= 4 is 45.9 Å². The molecule has 2 aromatic heterocycles. The van der Waals surface area contributed by atoms with E-state index in [0.29, 0.717) is 58.5 Å². The summed E-state index contributed by atoms with van der Waals surface area (Å²) >= 11 is 1.15. The molecule has 12 heteroatoms. The Morgan fingerprint density at radius 1 is 1.00 bits per heavy atom. The van der Waals surface area contributed by atoms with Gasteiger partial charge in [-0.3, -0.25) is 19.0 Å². The number of nitrogens with zero attached hydrogens (tertiary/aromatic N) is 2. The van der Waals surface area contributed by atoms with E-state index < -0.39 is 5.91 Å². The molecule has 0 fully saturated rings. The molecule has 2 amide bonds. The number of nitrogens with one attached hydrogen (secondary N) is 2. The summed E-state index contributed by atoms with van der Waals surface area (Å²) in [6, 6.07) is 13.3. The van der Waals surface area contributed by atoms with Crippen LogP contribution >= 0.6 is 11.8 Å². The van der Waals surface area contributed by atoms with Crippen LogP contribution < -0.4 is 25.7 Å². The van der Waals surface area contributed by atoms with Crippen molar-refractivity contribution in [3.8, 4) is 11.5 Å².